The summed E-state index contributed by atoms with van der Waals surface area (Å²) in [6, 6.07) is 0. The molecule has 0 aromatic carbocycles. The van der Waals surface area contributed by atoms with Gasteiger partial charge in [-0.25, -0.2) is 4.57 Å². The first kappa shape index (κ1) is 52.6. The van der Waals surface area contributed by atoms with Crippen LogP contribution < -0.4 is 5.73 Å². The lowest BCUT2D eigenvalue weighted by molar-refractivity contribution is -0.154. The normalized spacial score (nSPS) is 14.9. The summed E-state index contributed by atoms with van der Waals surface area (Å²) < 4.78 is 33.2. The maximum absolute atomic E-state index is 12.5. The molecule has 0 aliphatic heterocycles. The highest BCUT2D eigenvalue weighted by atomic mass is 31.2. The van der Waals surface area contributed by atoms with Crippen molar-refractivity contribution in [3.05, 3.63) is 134 Å². The first-order chi connectivity index (χ1) is 27.4. The van der Waals surface area contributed by atoms with Crippen LogP contribution in [0.25, 0.3) is 0 Å². The van der Waals surface area contributed by atoms with E-state index >= 15 is 0 Å². The van der Waals surface area contributed by atoms with Crippen molar-refractivity contribution >= 4 is 13.8 Å². The SMILES string of the molecule is CC/C=C\C/C=C\C/C=C\C/C=C\C/C=C\C/C=C\CCC(=O)OC(COCCCC/C=C\C/C=C\C/C=C\C/C=C\C/C=C\CC)COP(=O)(O)OCCN. The van der Waals surface area contributed by atoms with Gasteiger partial charge in [0.05, 0.1) is 19.8 Å². The molecule has 0 rings (SSSR count). The largest absolute Gasteiger partial charge is 0.472 e. The minimum atomic E-state index is -4.32. The molecule has 9 heteroatoms. The standard InChI is InChI=1S/C47H74NO7P/c1-3-5-7-9-11-13-15-17-19-21-23-24-26-28-30-32-34-36-38-40-47(49)55-46(45-54-56(50,51)53-43-41-48)44-52-42-39-37-35-33-31-29-27-25-22-20-18-16-14-12-10-8-6-4-2/h5-8,11-14,17-20,23-25,27-28,30-31,33-34,36,46H,3-4,9-10,15-16,21-22,26,29,32,35,37-45,48H2,1-2H3,(H,50,51)/b7-5-,8-6-,13-11-,14-12-,19-17-,20-18-,24-23-,27-25-,30-28-,33-31-,36-34-. The molecule has 314 valence electrons. The molecule has 0 radical (unpaired) electrons. The van der Waals surface area contributed by atoms with E-state index in [2.05, 4.69) is 135 Å². The molecule has 2 atom stereocenters. The molecule has 0 saturated carbocycles. The molecular weight excluding hydrogens is 721 g/mol. The zero-order valence-corrected chi connectivity index (χ0v) is 35.4. The summed E-state index contributed by atoms with van der Waals surface area (Å²) in [5, 5.41) is 0. The number of carbonyl (C=O) groups excluding carboxylic acids is 1. The summed E-state index contributed by atoms with van der Waals surface area (Å²) in [6.07, 6.45) is 60.6. The van der Waals surface area contributed by atoms with E-state index in [0.717, 1.165) is 89.9 Å². The third kappa shape index (κ3) is 41.8. The van der Waals surface area contributed by atoms with Crippen LogP contribution in [0, 0.1) is 0 Å². The van der Waals surface area contributed by atoms with Crippen LogP contribution in [-0.4, -0.2) is 49.9 Å². The number of carbonyl (C=O) groups is 1. The van der Waals surface area contributed by atoms with Crippen LogP contribution >= 0.6 is 7.82 Å². The van der Waals surface area contributed by atoms with Crippen LogP contribution in [0.3, 0.4) is 0 Å². The molecular formula is C47H74NO7P. The molecule has 0 aliphatic carbocycles. The molecule has 2 unspecified atom stereocenters. The second-order valence-corrected chi connectivity index (χ2v) is 14.2. The summed E-state index contributed by atoms with van der Waals surface area (Å²) in [4.78, 5) is 22.4. The highest BCUT2D eigenvalue weighted by molar-refractivity contribution is 7.47. The fourth-order valence-electron chi connectivity index (χ4n) is 4.63. The van der Waals surface area contributed by atoms with Crippen molar-refractivity contribution < 1.29 is 32.8 Å². The average Bonchev–Trinajstić information content (AvgIpc) is 3.19. The highest BCUT2D eigenvalue weighted by Crippen LogP contribution is 2.43. The highest BCUT2D eigenvalue weighted by Gasteiger charge is 2.25. The van der Waals surface area contributed by atoms with Crippen LogP contribution in [-0.2, 0) is 27.9 Å². The lowest BCUT2D eigenvalue weighted by atomic mass is 10.2. The Morgan fingerprint density at radius 1 is 0.536 bits per heavy atom. The molecule has 56 heavy (non-hydrogen) atoms. The van der Waals surface area contributed by atoms with Gasteiger partial charge in [0, 0.05) is 19.6 Å². The van der Waals surface area contributed by atoms with Gasteiger partial charge in [0.2, 0.25) is 0 Å². The summed E-state index contributed by atoms with van der Waals surface area (Å²) in [5.41, 5.74) is 5.35. The predicted octanol–water partition coefficient (Wildman–Crippen LogP) is 12.4. The second kappa shape index (κ2) is 42.8. The van der Waals surface area contributed by atoms with Gasteiger partial charge in [-0.15, -0.1) is 0 Å². The lowest BCUT2D eigenvalue weighted by Gasteiger charge is -2.19. The molecule has 0 bridgehead atoms. The smallest absolute Gasteiger partial charge is 0.457 e. The third-order valence-corrected chi connectivity index (χ3v) is 8.56. The van der Waals surface area contributed by atoms with E-state index < -0.39 is 19.9 Å². The lowest BCUT2D eigenvalue weighted by Crippen LogP contribution is -2.28. The van der Waals surface area contributed by atoms with Gasteiger partial charge in [-0.3, -0.25) is 13.8 Å². The number of hydrogen-bond donors (Lipinski definition) is 2. The van der Waals surface area contributed by atoms with E-state index in [4.69, 9.17) is 24.3 Å². The van der Waals surface area contributed by atoms with E-state index in [1.54, 1.807) is 0 Å². The molecule has 0 amide bonds. The van der Waals surface area contributed by atoms with Gasteiger partial charge >= 0.3 is 13.8 Å². The Kier molecular flexibility index (Phi) is 40.2. The van der Waals surface area contributed by atoms with Gasteiger partial charge in [-0.1, -0.05) is 148 Å². The van der Waals surface area contributed by atoms with Crippen molar-refractivity contribution in [2.24, 2.45) is 5.73 Å². The van der Waals surface area contributed by atoms with Crippen LogP contribution in [0.2, 0.25) is 0 Å². The fourth-order valence-corrected chi connectivity index (χ4v) is 5.40. The number of phosphoric acid groups is 1. The first-order valence-electron chi connectivity index (χ1n) is 20.7. The minimum absolute atomic E-state index is 0.0458. The topological polar surface area (TPSA) is 117 Å². The monoisotopic (exact) mass is 796 g/mol. The van der Waals surface area contributed by atoms with Gasteiger partial charge in [0.25, 0.3) is 0 Å². The molecule has 0 heterocycles. The fraction of sp³-hybridized carbons (Fsp3) is 0.511. The van der Waals surface area contributed by atoms with Crippen molar-refractivity contribution in [2.75, 3.05) is 33.0 Å². The van der Waals surface area contributed by atoms with Crippen LogP contribution in [0.15, 0.2) is 134 Å². The van der Waals surface area contributed by atoms with Crippen molar-refractivity contribution in [2.45, 2.75) is 123 Å². The van der Waals surface area contributed by atoms with Crippen LogP contribution in [0.5, 0.6) is 0 Å². The molecule has 0 aromatic rings. The van der Waals surface area contributed by atoms with Crippen molar-refractivity contribution in [1.82, 2.24) is 0 Å². The van der Waals surface area contributed by atoms with Gasteiger partial charge in [-0.05, 0) is 96.3 Å². The summed E-state index contributed by atoms with van der Waals surface area (Å²) in [6.45, 7) is 4.42. The van der Waals surface area contributed by atoms with E-state index in [1.807, 2.05) is 12.2 Å². The number of hydrogen-bond acceptors (Lipinski definition) is 7. The quantitative estimate of drug-likeness (QED) is 0.0276. The number of rotatable bonds is 37. The Balaban J connectivity index is 4.32. The summed E-state index contributed by atoms with van der Waals surface area (Å²) >= 11 is 0. The average molecular weight is 796 g/mol. The van der Waals surface area contributed by atoms with Crippen molar-refractivity contribution in [3.8, 4) is 0 Å². The third-order valence-electron chi connectivity index (χ3n) is 7.58. The number of esters is 1. The number of nitrogens with two attached hydrogens (primary N) is 1. The van der Waals surface area contributed by atoms with Gasteiger partial charge in [0.15, 0.2) is 0 Å². The van der Waals surface area contributed by atoms with Crippen molar-refractivity contribution in [3.63, 3.8) is 0 Å². The number of phosphoric ester groups is 1. The molecule has 0 saturated heterocycles. The van der Waals surface area contributed by atoms with Crippen molar-refractivity contribution in [1.29, 1.82) is 0 Å². The molecule has 8 nitrogen and oxygen atoms in total. The predicted molar refractivity (Wildman–Crippen MR) is 237 cm³/mol. The minimum Gasteiger partial charge on any atom is -0.457 e. The molecule has 0 spiro atoms. The molecule has 0 aromatic heterocycles. The van der Waals surface area contributed by atoms with E-state index in [1.165, 1.54) is 0 Å². The zero-order chi connectivity index (χ0) is 40.9. The second-order valence-electron chi connectivity index (χ2n) is 12.7. The maximum atomic E-state index is 12.5. The summed E-state index contributed by atoms with van der Waals surface area (Å²) in [5.74, 6) is -0.434. The van der Waals surface area contributed by atoms with E-state index in [9.17, 15) is 14.3 Å². The summed E-state index contributed by atoms with van der Waals surface area (Å²) in [7, 11) is -4.32. The van der Waals surface area contributed by atoms with E-state index in [0.29, 0.717) is 13.0 Å². The molecule has 0 aliphatic rings. The van der Waals surface area contributed by atoms with Gasteiger partial charge in [0.1, 0.15) is 6.10 Å². The maximum Gasteiger partial charge on any atom is 0.472 e. The number of ether oxygens (including phenoxy) is 2. The van der Waals surface area contributed by atoms with E-state index in [-0.39, 0.29) is 32.8 Å². The Labute approximate surface area is 340 Å². The zero-order valence-electron chi connectivity index (χ0n) is 34.5. The van der Waals surface area contributed by atoms with Crippen LogP contribution in [0.1, 0.15) is 117 Å². The number of unbranched alkanes of at least 4 members (excludes halogenated alkanes) is 2. The molecule has 0 fully saturated rings. The Morgan fingerprint density at radius 2 is 0.929 bits per heavy atom. The van der Waals surface area contributed by atoms with Crippen LogP contribution in [0.4, 0.5) is 0 Å². The number of allylic oxidation sites excluding steroid dienone is 22. The Morgan fingerprint density at radius 3 is 1.34 bits per heavy atom. The molecule has 3 N–H and O–H groups in total. The Hall–Kier alpha value is -3.36. The Bertz CT molecular complexity index is 1300. The van der Waals surface area contributed by atoms with Gasteiger partial charge < -0.3 is 20.1 Å². The van der Waals surface area contributed by atoms with Gasteiger partial charge in [-0.2, -0.15) is 0 Å². The first-order valence-corrected chi connectivity index (χ1v) is 22.2.